The minimum absolute atomic E-state index is 0.0649. The van der Waals surface area contributed by atoms with Crippen LogP contribution in [-0.4, -0.2) is 37.4 Å². The average Bonchev–Trinajstić information content (AvgIpc) is 2.85. The predicted molar refractivity (Wildman–Crippen MR) is 113 cm³/mol. The summed E-state index contributed by atoms with van der Waals surface area (Å²) in [5.74, 6) is -0.703. The molecule has 6 nitrogen and oxygen atoms in total. The molecular formula is C22H33NO5S. The van der Waals surface area contributed by atoms with Gasteiger partial charge in [-0.25, -0.2) is 8.51 Å². The standard InChI is InChI=1S/C22H33NO5S/c1-8-27-19(24)13-17-15-11-9-10-12-16(15)18(14-20(25)28-21(2,3)4)23(17)29(26)22(5,6)7/h9-12,17-18H,8,13-14H2,1-7H3/t17-,18+,29?/m0/s1. The van der Waals surface area contributed by atoms with E-state index in [9.17, 15) is 13.8 Å². The fourth-order valence-electron chi connectivity index (χ4n) is 3.48. The van der Waals surface area contributed by atoms with Crippen molar-refractivity contribution in [3.63, 3.8) is 0 Å². The number of carbonyl (C=O) groups is 2. The first kappa shape index (κ1) is 23.5. The third kappa shape index (κ3) is 5.89. The summed E-state index contributed by atoms with van der Waals surface area (Å²) >= 11 is 0. The topological polar surface area (TPSA) is 72.9 Å². The van der Waals surface area contributed by atoms with E-state index in [4.69, 9.17) is 9.47 Å². The molecule has 162 valence electrons. The Morgan fingerprint density at radius 1 is 0.966 bits per heavy atom. The molecule has 0 spiro atoms. The fourth-order valence-corrected chi connectivity index (χ4v) is 4.95. The summed E-state index contributed by atoms with van der Waals surface area (Å²) in [7, 11) is -1.44. The van der Waals surface area contributed by atoms with Gasteiger partial charge in [0.05, 0.1) is 36.3 Å². The SMILES string of the molecule is CCOC(=O)C[C@H]1c2ccccc2[C@@H](CC(=O)OC(C)(C)C)N1S(=O)C(C)(C)C. The average molecular weight is 424 g/mol. The first-order valence-corrected chi connectivity index (χ1v) is 11.1. The van der Waals surface area contributed by atoms with Crippen molar-refractivity contribution in [2.75, 3.05) is 6.61 Å². The predicted octanol–water partition coefficient (Wildman–Crippen LogP) is 4.23. The molecule has 2 rings (SSSR count). The zero-order valence-corrected chi connectivity index (χ0v) is 19.3. The number of hydrogen-bond donors (Lipinski definition) is 0. The number of nitrogens with zero attached hydrogens (tertiary/aromatic N) is 1. The van der Waals surface area contributed by atoms with Crippen molar-refractivity contribution in [1.29, 1.82) is 0 Å². The number of rotatable bonds is 6. The molecule has 3 atom stereocenters. The van der Waals surface area contributed by atoms with Crippen LogP contribution in [0.25, 0.3) is 0 Å². The molecule has 0 N–H and O–H groups in total. The van der Waals surface area contributed by atoms with Crippen molar-refractivity contribution >= 4 is 22.9 Å². The van der Waals surface area contributed by atoms with Gasteiger partial charge in [0.15, 0.2) is 0 Å². The first-order chi connectivity index (χ1) is 13.3. The van der Waals surface area contributed by atoms with Crippen molar-refractivity contribution < 1.29 is 23.3 Å². The van der Waals surface area contributed by atoms with E-state index in [1.165, 1.54) is 0 Å². The number of esters is 2. The van der Waals surface area contributed by atoms with Gasteiger partial charge in [-0.1, -0.05) is 24.3 Å². The Morgan fingerprint density at radius 3 is 1.86 bits per heavy atom. The molecule has 0 radical (unpaired) electrons. The fraction of sp³-hybridized carbons (Fsp3) is 0.636. The maximum absolute atomic E-state index is 13.5. The maximum atomic E-state index is 13.5. The molecule has 7 heteroatoms. The zero-order chi connectivity index (χ0) is 22.0. The van der Waals surface area contributed by atoms with Crippen LogP contribution in [0.2, 0.25) is 0 Å². The van der Waals surface area contributed by atoms with Gasteiger partial charge in [0.1, 0.15) is 16.6 Å². The minimum Gasteiger partial charge on any atom is -0.466 e. The monoisotopic (exact) mass is 423 g/mol. The highest BCUT2D eigenvalue weighted by Crippen LogP contribution is 2.48. The lowest BCUT2D eigenvalue weighted by Crippen LogP contribution is -2.40. The highest BCUT2D eigenvalue weighted by molar-refractivity contribution is 7.84. The molecule has 1 aromatic carbocycles. The van der Waals surface area contributed by atoms with Crippen molar-refractivity contribution in [2.24, 2.45) is 0 Å². The van der Waals surface area contributed by atoms with Gasteiger partial charge < -0.3 is 9.47 Å². The Balaban J connectivity index is 2.46. The molecule has 1 unspecified atom stereocenters. The molecule has 0 bridgehead atoms. The summed E-state index contributed by atoms with van der Waals surface area (Å²) in [4.78, 5) is 24.9. The highest BCUT2D eigenvalue weighted by Gasteiger charge is 2.46. The third-order valence-electron chi connectivity index (χ3n) is 4.49. The quantitative estimate of drug-likeness (QED) is 0.640. The van der Waals surface area contributed by atoms with Crippen LogP contribution in [0.5, 0.6) is 0 Å². The van der Waals surface area contributed by atoms with Gasteiger partial charge in [-0.05, 0) is 59.6 Å². The normalized spacial score (nSPS) is 20.8. The lowest BCUT2D eigenvalue weighted by molar-refractivity contribution is -0.155. The van der Waals surface area contributed by atoms with Crippen LogP contribution in [0, 0.1) is 0 Å². The molecule has 0 saturated heterocycles. The maximum Gasteiger partial charge on any atom is 0.308 e. The van der Waals surface area contributed by atoms with Crippen molar-refractivity contribution in [3.05, 3.63) is 35.4 Å². The van der Waals surface area contributed by atoms with Crippen LogP contribution in [0.1, 0.15) is 84.5 Å². The molecule has 1 aromatic rings. The summed E-state index contributed by atoms with van der Waals surface area (Å²) in [6.45, 7) is 13.2. The number of carbonyl (C=O) groups excluding carboxylic acids is 2. The van der Waals surface area contributed by atoms with Crippen LogP contribution >= 0.6 is 0 Å². The van der Waals surface area contributed by atoms with E-state index in [1.54, 1.807) is 11.2 Å². The molecule has 0 aromatic heterocycles. The second-order valence-corrected chi connectivity index (χ2v) is 11.3. The van der Waals surface area contributed by atoms with Gasteiger partial charge >= 0.3 is 11.9 Å². The van der Waals surface area contributed by atoms with E-state index in [0.717, 1.165) is 11.1 Å². The van der Waals surface area contributed by atoms with E-state index >= 15 is 0 Å². The van der Waals surface area contributed by atoms with Crippen LogP contribution in [0.15, 0.2) is 24.3 Å². The Labute approximate surface area is 176 Å². The highest BCUT2D eigenvalue weighted by atomic mass is 32.2. The Hall–Kier alpha value is -1.73. The lowest BCUT2D eigenvalue weighted by atomic mass is 9.99. The molecular weight excluding hydrogens is 390 g/mol. The molecule has 29 heavy (non-hydrogen) atoms. The van der Waals surface area contributed by atoms with Gasteiger partial charge in [-0.15, -0.1) is 0 Å². The van der Waals surface area contributed by atoms with Gasteiger partial charge in [-0.2, -0.15) is 0 Å². The smallest absolute Gasteiger partial charge is 0.308 e. The van der Waals surface area contributed by atoms with Crippen molar-refractivity contribution in [1.82, 2.24) is 4.31 Å². The van der Waals surface area contributed by atoms with E-state index < -0.39 is 33.4 Å². The zero-order valence-electron chi connectivity index (χ0n) is 18.5. The second kappa shape index (κ2) is 8.96. The first-order valence-electron chi connectivity index (χ1n) is 10.0. The summed E-state index contributed by atoms with van der Waals surface area (Å²) < 4.78 is 25.4. The van der Waals surface area contributed by atoms with E-state index in [2.05, 4.69) is 0 Å². The lowest BCUT2D eigenvalue weighted by Gasteiger charge is -2.34. The molecule has 1 aliphatic heterocycles. The molecule has 1 aliphatic rings. The third-order valence-corrected chi connectivity index (χ3v) is 6.43. The van der Waals surface area contributed by atoms with Gasteiger partial charge in [-0.3, -0.25) is 9.59 Å². The molecule has 0 aliphatic carbocycles. The molecule has 0 amide bonds. The Kier molecular flexibility index (Phi) is 7.28. The van der Waals surface area contributed by atoms with E-state index in [-0.39, 0.29) is 31.4 Å². The van der Waals surface area contributed by atoms with E-state index in [0.29, 0.717) is 0 Å². The molecule has 0 saturated carbocycles. The number of hydrogen-bond acceptors (Lipinski definition) is 5. The van der Waals surface area contributed by atoms with E-state index in [1.807, 2.05) is 65.8 Å². The summed E-state index contributed by atoms with van der Waals surface area (Å²) in [6, 6.07) is 6.80. The Bertz CT molecular complexity index is 778. The Morgan fingerprint density at radius 2 is 1.45 bits per heavy atom. The van der Waals surface area contributed by atoms with Crippen molar-refractivity contribution in [2.45, 2.75) is 83.7 Å². The van der Waals surface area contributed by atoms with Gasteiger partial charge in [0.2, 0.25) is 0 Å². The van der Waals surface area contributed by atoms with Gasteiger partial charge in [0.25, 0.3) is 0 Å². The second-order valence-electron chi connectivity index (χ2n) is 9.18. The van der Waals surface area contributed by atoms with Crippen LogP contribution in [0.3, 0.4) is 0 Å². The molecule has 0 fully saturated rings. The number of benzene rings is 1. The van der Waals surface area contributed by atoms with Gasteiger partial charge in [0, 0.05) is 0 Å². The number of fused-ring (bicyclic) bond motifs is 1. The number of ether oxygens (including phenoxy) is 2. The van der Waals surface area contributed by atoms with Crippen molar-refractivity contribution in [3.8, 4) is 0 Å². The summed E-state index contributed by atoms with van der Waals surface area (Å²) in [6.07, 6.45) is 0.146. The van der Waals surface area contributed by atoms with Crippen LogP contribution in [-0.2, 0) is 30.0 Å². The van der Waals surface area contributed by atoms with Crippen LogP contribution < -0.4 is 0 Å². The largest absolute Gasteiger partial charge is 0.466 e. The summed E-state index contributed by atoms with van der Waals surface area (Å²) in [5, 5.41) is 0. The summed E-state index contributed by atoms with van der Waals surface area (Å²) in [5.41, 5.74) is 1.21. The molecule has 1 heterocycles. The van der Waals surface area contributed by atoms with Crippen LogP contribution in [0.4, 0.5) is 0 Å². The minimum atomic E-state index is -1.44.